The minimum Gasteiger partial charge on any atom is -0.497 e. The van der Waals surface area contributed by atoms with Crippen LogP contribution in [-0.4, -0.2) is 28.9 Å². The van der Waals surface area contributed by atoms with E-state index in [2.05, 4.69) is 25.9 Å². The molecule has 3 aromatic rings. The monoisotopic (exact) mass is 538 g/mol. The lowest BCUT2D eigenvalue weighted by molar-refractivity contribution is 0.282. The fourth-order valence-electron chi connectivity index (χ4n) is 2.70. The molecule has 0 aliphatic heterocycles. The van der Waals surface area contributed by atoms with Gasteiger partial charge in [-0.05, 0) is 64.0 Å². The molecule has 0 amide bonds. The fourth-order valence-corrected chi connectivity index (χ4v) is 4.25. The Morgan fingerprint density at radius 1 is 1.06 bits per heavy atom. The molecule has 3 rings (SSSR count). The number of hydrogen-bond acceptors (Lipinski definition) is 6. The molecule has 0 aromatic heterocycles. The lowest BCUT2D eigenvalue weighted by Crippen LogP contribution is -2.18. The van der Waals surface area contributed by atoms with Crippen molar-refractivity contribution in [2.75, 3.05) is 14.2 Å². The van der Waals surface area contributed by atoms with Crippen LogP contribution in [0.5, 0.6) is 17.2 Å². The second-order valence-electron chi connectivity index (χ2n) is 6.44. The van der Waals surface area contributed by atoms with Gasteiger partial charge in [-0.1, -0.05) is 29.8 Å². The first kappa shape index (κ1) is 23.9. The molecule has 32 heavy (non-hydrogen) atoms. The molecule has 0 spiro atoms. The van der Waals surface area contributed by atoms with Crippen LogP contribution in [0, 0.1) is 0 Å². The molecular formula is C22H20BrClN2O5S. The van der Waals surface area contributed by atoms with Crippen molar-refractivity contribution in [1.82, 2.24) is 4.83 Å². The smallest absolute Gasteiger partial charge is 0.276 e. The zero-order valence-corrected chi connectivity index (χ0v) is 20.4. The predicted octanol–water partition coefficient (Wildman–Crippen LogP) is 5.01. The highest BCUT2D eigenvalue weighted by Gasteiger charge is 2.14. The molecule has 0 aliphatic rings. The van der Waals surface area contributed by atoms with Gasteiger partial charge in [-0.25, -0.2) is 4.83 Å². The highest BCUT2D eigenvalue weighted by atomic mass is 79.9. The van der Waals surface area contributed by atoms with Crippen LogP contribution in [0.15, 0.2) is 75.1 Å². The van der Waals surface area contributed by atoms with Crippen LogP contribution in [0.2, 0.25) is 5.02 Å². The number of sulfonamides is 1. The molecule has 0 radical (unpaired) electrons. The molecule has 7 nitrogen and oxygen atoms in total. The largest absolute Gasteiger partial charge is 0.497 e. The number of nitrogens with one attached hydrogen (secondary N) is 1. The summed E-state index contributed by atoms with van der Waals surface area (Å²) < 4.78 is 41.7. The Hall–Kier alpha value is -2.75. The van der Waals surface area contributed by atoms with E-state index in [9.17, 15) is 8.42 Å². The van der Waals surface area contributed by atoms with Crippen molar-refractivity contribution in [3.63, 3.8) is 0 Å². The van der Waals surface area contributed by atoms with Gasteiger partial charge < -0.3 is 14.2 Å². The topological polar surface area (TPSA) is 86.2 Å². The molecule has 0 atom stereocenters. The summed E-state index contributed by atoms with van der Waals surface area (Å²) in [5.41, 5.74) is 1.43. The van der Waals surface area contributed by atoms with Crippen LogP contribution < -0.4 is 19.0 Å². The van der Waals surface area contributed by atoms with E-state index in [1.54, 1.807) is 30.3 Å². The van der Waals surface area contributed by atoms with Crippen LogP contribution in [0.4, 0.5) is 0 Å². The Morgan fingerprint density at radius 3 is 2.44 bits per heavy atom. The summed E-state index contributed by atoms with van der Waals surface area (Å²) >= 11 is 9.64. The lowest BCUT2D eigenvalue weighted by Gasteiger charge is -2.14. The number of nitrogens with zero attached hydrogens (tertiary/aromatic N) is 1. The van der Waals surface area contributed by atoms with Crippen LogP contribution in [0.25, 0.3) is 0 Å². The standard InChI is InChI=1S/C22H20BrClN2O5S/c1-29-17-7-9-18(10-8-17)32(27,28)26-25-13-15-11-19(23)22(21(12-15)30-2)31-14-16-5-3-4-6-20(16)24/h3-13,26H,14H2,1-2H3/b25-13-. The van der Waals surface area contributed by atoms with Gasteiger partial charge in [-0.15, -0.1) is 0 Å². The van der Waals surface area contributed by atoms with Crippen molar-refractivity contribution in [2.24, 2.45) is 5.10 Å². The third-order valence-corrected chi connectivity index (χ3v) is 6.53. The summed E-state index contributed by atoms with van der Waals surface area (Å²) in [4.78, 5) is 2.25. The molecule has 0 fully saturated rings. The summed E-state index contributed by atoms with van der Waals surface area (Å²) in [6.07, 6.45) is 1.37. The summed E-state index contributed by atoms with van der Waals surface area (Å²) in [6.45, 7) is 0.254. The molecular weight excluding hydrogens is 520 g/mol. The maximum atomic E-state index is 12.4. The normalized spacial score (nSPS) is 11.4. The van der Waals surface area contributed by atoms with E-state index in [1.165, 1.54) is 32.6 Å². The first-order chi connectivity index (χ1) is 15.3. The molecule has 0 unspecified atom stereocenters. The van der Waals surface area contributed by atoms with Crippen molar-refractivity contribution in [1.29, 1.82) is 0 Å². The van der Waals surface area contributed by atoms with E-state index in [-0.39, 0.29) is 11.5 Å². The van der Waals surface area contributed by atoms with Crippen LogP contribution >= 0.6 is 27.5 Å². The number of rotatable bonds is 9. The maximum Gasteiger partial charge on any atom is 0.276 e. The van der Waals surface area contributed by atoms with E-state index in [0.29, 0.717) is 32.3 Å². The molecule has 0 saturated heterocycles. The number of hydrazone groups is 1. The Morgan fingerprint density at radius 2 is 1.78 bits per heavy atom. The number of ether oxygens (including phenoxy) is 3. The van der Waals surface area contributed by atoms with Gasteiger partial charge in [0.1, 0.15) is 12.4 Å². The first-order valence-electron chi connectivity index (χ1n) is 9.26. The van der Waals surface area contributed by atoms with Crippen LogP contribution in [-0.2, 0) is 16.6 Å². The minimum atomic E-state index is -3.82. The average Bonchev–Trinajstić information content (AvgIpc) is 2.79. The van der Waals surface area contributed by atoms with Gasteiger partial charge in [0.25, 0.3) is 10.0 Å². The van der Waals surface area contributed by atoms with E-state index >= 15 is 0 Å². The molecule has 0 saturated carbocycles. The van der Waals surface area contributed by atoms with Crippen molar-refractivity contribution < 1.29 is 22.6 Å². The maximum absolute atomic E-state index is 12.4. The second kappa shape index (κ2) is 10.7. The van der Waals surface area contributed by atoms with E-state index in [1.807, 2.05) is 18.2 Å². The lowest BCUT2D eigenvalue weighted by atomic mass is 10.2. The van der Waals surface area contributed by atoms with Gasteiger partial charge in [0.2, 0.25) is 0 Å². The molecule has 0 aliphatic carbocycles. The van der Waals surface area contributed by atoms with E-state index in [0.717, 1.165) is 5.56 Å². The van der Waals surface area contributed by atoms with Gasteiger partial charge in [0, 0.05) is 10.6 Å². The van der Waals surface area contributed by atoms with Gasteiger partial charge in [0.05, 0.1) is 29.8 Å². The molecule has 0 heterocycles. The van der Waals surface area contributed by atoms with Crippen molar-refractivity contribution in [3.8, 4) is 17.2 Å². The minimum absolute atomic E-state index is 0.0672. The zero-order chi connectivity index (χ0) is 23.1. The van der Waals surface area contributed by atoms with Gasteiger partial charge in [0.15, 0.2) is 11.5 Å². The Balaban J connectivity index is 1.73. The van der Waals surface area contributed by atoms with Crippen molar-refractivity contribution in [2.45, 2.75) is 11.5 Å². The third-order valence-electron chi connectivity index (χ3n) is 4.34. The molecule has 0 bridgehead atoms. The Bertz CT molecular complexity index is 1220. The molecule has 10 heteroatoms. The summed E-state index contributed by atoms with van der Waals surface area (Å²) in [5.74, 6) is 1.50. The van der Waals surface area contributed by atoms with E-state index in [4.69, 9.17) is 25.8 Å². The summed E-state index contributed by atoms with van der Waals surface area (Å²) in [7, 11) is -0.799. The highest BCUT2D eigenvalue weighted by Crippen LogP contribution is 2.37. The average molecular weight is 540 g/mol. The Kier molecular flexibility index (Phi) is 8.00. The molecule has 168 valence electrons. The predicted molar refractivity (Wildman–Crippen MR) is 127 cm³/mol. The summed E-state index contributed by atoms with van der Waals surface area (Å²) in [5, 5.41) is 4.46. The number of hydrogen-bond donors (Lipinski definition) is 1. The first-order valence-corrected chi connectivity index (χ1v) is 11.9. The highest BCUT2D eigenvalue weighted by molar-refractivity contribution is 9.10. The van der Waals surface area contributed by atoms with Crippen molar-refractivity contribution >= 4 is 43.8 Å². The van der Waals surface area contributed by atoms with Gasteiger partial charge in [-0.3, -0.25) is 0 Å². The quantitative estimate of drug-likeness (QED) is 0.305. The van der Waals surface area contributed by atoms with E-state index < -0.39 is 10.0 Å². The van der Waals surface area contributed by atoms with Crippen LogP contribution in [0.1, 0.15) is 11.1 Å². The molecule has 1 N–H and O–H groups in total. The number of halogens is 2. The fraction of sp³-hybridized carbons (Fsp3) is 0.136. The van der Waals surface area contributed by atoms with Crippen LogP contribution in [0.3, 0.4) is 0 Å². The second-order valence-corrected chi connectivity index (χ2v) is 9.37. The van der Waals surface area contributed by atoms with Crippen molar-refractivity contribution in [3.05, 3.63) is 81.3 Å². The Labute approximate surface area is 200 Å². The number of benzene rings is 3. The molecule has 3 aromatic carbocycles. The summed E-state index contributed by atoms with van der Waals surface area (Å²) in [6, 6.07) is 16.8. The van der Waals surface area contributed by atoms with Gasteiger partial charge >= 0.3 is 0 Å². The SMILES string of the molecule is COc1ccc(S(=O)(=O)N/N=C\c2cc(Br)c(OCc3ccccc3Cl)c(OC)c2)cc1. The number of methoxy groups -OCH3 is 2. The van der Waals surface area contributed by atoms with Gasteiger partial charge in [-0.2, -0.15) is 13.5 Å². The third kappa shape index (κ3) is 5.93. The zero-order valence-electron chi connectivity index (χ0n) is 17.2.